The highest BCUT2D eigenvalue weighted by Crippen LogP contribution is 2.36. The first kappa shape index (κ1) is 48.2. The third kappa shape index (κ3) is 14.9. The molecule has 5 unspecified atom stereocenters. The van der Waals surface area contributed by atoms with E-state index in [0.717, 1.165) is 53.1 Å². The molecule has 2 heterocycles. The maximum absolute atomic E-state index is 12.8. The SMILES string of the molecule is CC(C)(CCCCOc1cccc(-c2ccc(-c3ccc4c(c3)OCO4)cc2)n1)CNC(=O)Nc1cccc(C(=O)NCCCCC(N)C(=O)NCC(O)C(O)C(O)C(O)CO)c1. The van der Waals surface area contributed by atoms with Gasteiger partial charge in [-0.25, -0.2) is 9.78 Å². The summed E-state index contributed by atoms with van der Waals surface area (Å²) in [5.41, 5.74) is 10.5. The predicted octanol–water partition coefficient (Wildman–Crippen LogP) is 3.32. The van der Waals surface area contributed by atoms with Gasteiger partial charge in [-0.2, -0.15) is 0 Å². The van der Waals surface area contributed by atoms with Crippen molar-refractivity contribution in [3.05, 3.63) is 90.5 Å². The van der Waals surface area contributed by atoms with Gasteiger partial charge in [0.1, 0.15) is 18.3 Å². The number of pyridine rings is 1. The first-order valence-corrected chi connectivity index (χ1v) is 21.1. The van der Waals surface area contributed by atoms with Crippen molar-refractivity contribution < 1.29 is 54.1 Å². The molecule has 1 aliphatic rings. The molecule has 0 saturated heterocycles. The zero-order chi connectivity index (χ0) is 45.4. The topological polar surface area (TPSA) is 267 Å². The fraction of sp³-hybridized carbons (Fsp3) is 0.435. The van der Waals surface area contributed by atoms with Crippen LogP contribution in [-0.2, 0) is 4.79 Å². The smallest absolute Gasteiger partial charge is 0.319 e. The lowest BCUT2D eigenvalue weighted by atomic mass is 9.87. The number of aliphatic hydroxyl groups is 5. The third-order valence-corrected chi connectivity index (χ3v) is 10.6. The number of amides is 4. The van der Waals surface area contributed by atoms with E-state index in [1.807, 2.05) is 48.5 Å². The molecule has 0 spiro atoms. The summed E-state index contributed by atoms with van der Waals surface area (Å²) in [5.74, 6) is 1.14. The van der Waals surface area contributed by atoms with Gasteiger partial charge in [0.2, 0.25) is 18.6 Å². The number of hydrogen-bond acceptors (Lipinski definition) is 13. The van der Waals surface area contributed by atoms with Crippen LogP contribution >= 0.6 is 0 Å². The Morgan fingerprint density at radius 3 is 2.29 bits per heavy atom. The van der Waals surface area contributed by atoms with E-state index in [9.17, 15) is 34.8 Å². The molecule has 0 aliphatic carbocycles. The number of ether oxygens (including phenoxy) is 3. The van der Waals surface area contributed by atoms with E-state index in [1.54, 1.807) is 24.3 Å². The highest BCUT2D eigenvalue weighted by molar-refractivity contribution is 5.96. The summed E-state index contributed by atoms with van der Waals surface area (Å²) in [7, 11) is 0. The molecule has 3 aromatic carbocycles. The molecule has 0 saturated carbocycles. The number of benzene rings is 3. The minimum absolute atomic E-state index is 0.180. The number of carbonyl (C=O) groups is 3. The van der Waals surface area contributed by atoms with E-state index in [2.05, 4.69) is 47.2 Å². The predicted molar refractivity (Wildman–Crippen MR) is 236 cm³/mol. The van der Waals surface area contributed by atoms with Crippen LogP contribution in [0.5, 0.6) is 17.4 Å². The van der Waals surface area contributed by atoms with Gasteiger partial charge in [0.05, 0.1) is 31.1 Å². The number of rotatable bonds is 24. The molecule has 5 rings (SSSR count). The molecule has 4 amide bonds. The van der Waals surface area contributed by atoms with Crippen LogP contribution in [0.3, 0.4) is 0 Å². The van der Waals surface area contributed by atoms with Crippen LogP contribution in [-0.4, -0.2) is 118 Å². The Hall–Kier alpha value is -5.82. The minimum Gasteiger partial charge on any atom is -0.478 e. The van der Waals surface area contributed by atoms with Crippen LogP contribution in [0.4, 0.5) is 10.5 Å². The zero-order valence-electron chi connectivity index (χ0n) is 35.7. The highest BCUT2D eigenvalue weighted by Gasteiger charge is 2.30. The maximum Gasteiger partial charge on any atom is 0.319 e. The van der Waals surface area contributed by atoms with E-state index < -0.39 is 49.5 Å². The quantitative estimate of drug-likeness (QED) is 0.0454. The first-order chi connectivity index (χ1) is 30.2. The van der Waals surface area contributed by atoms with Gasteiger partial charge >= 0.3 is 6.03 Å². The van der Waals surface area contributed by atoms with Crippen molar-refractivity contribution in [2.45, 2.75) is 82.8 Å². The van der Waals surface area contributed by atoms with Gasteiger partial charge in [-0.3, -0.25) is 9.59 Å². The van der Waals surface area contributed by atoms with Gasteiger partial charge < -0.3 is 66.7 Å². The van der Waals surface area contributed by atoms with E-state index in [1.165, 1.54) is 0 Å². The van der Waals surface area contributed by atoms with Crippen LogP contribution < -0.4 is 41.2 Å². The van der Waals surface area contributed by atoms with Crippen LogP contribution in [0.2, 0.25) is 0 Å². The van der Waals surface area contributed by atoms with Crippen LogP contribution in [0.1, 0.15) is 62.7 Å². The first-order valence-electron chi connectivity index (χ1n) is 21.1. The Morgan fingerprint density at radius 2 is 1.51 bits per heavy atom. The summed E-state index contributed by atoms with van der Waals surface area (Å²) in [6.07, 6.45) is -2.98. The third-order valence-electron chi connectivity index (χ3n) is 10.6. The van der Waals surface area contributed by atoms with Crippen molar-refractivity contribution in [1.29, 1.82) is 0 Å². The number of aliphatic hydroxyl groups excluding tert-OH is 5. The summed E-state index contributed by atoms with van der Waals surface area (Å²) in [6.45, 7) is 4.44. The number of anilines is 1. The number of nitrogens with two attached hydrogens (primary N) is 1. The van der Waals surface area contributed by atoms with E-state index in [0.29, 0.717) is 49.7 Å². The minimum atomic E-state index is -1.80. The lowest BCUT2D eigenvalue weighted by Crippen LogP contribution is -2.51. The Labute approximate surface area is 367 Å². The molecule has 0 radical (unpaired) electrons. The monoisotopic (exact) mass is 872 g/mol. The van der Waals surface area contributed by atoms with Gasteiger partial charge in [0, 0.05) is 42.5 Å². The van der Waals surface area contributed by atoms with Crippen LogP contribution in [0, 0.1) is 5.41 Å². The second kappa shape index (κ2) is 23.6. The average molecular weight is 873 g/mol. The maximum atomic E-state index is 12.8. The Kier molecular flexibility index (Phi) is 18.0. The molecule has 17 heteroatoms. The number of urea groups is 1. The van der Waals surface area contributed by atoms with E-state index in [-0.39, 0.29) is 30.6 Å². The van der Waals surface area contributed by atoms with Gasteiger partial charge in [0.25, 0.3) is 5.91 Å². The molecule has 0 fully saturated rings. The van der Waals surface area contributed by atoms with Crippen molar-refractivity contribution >= 4 is 23.5 Å². The van der Waals surface area contributed by atoms with Crippen molar-refractivity contribution in [2.24, 2.45) is 11.1 Å². The summed E-state index contributed by atoms with van der Waals surface area (Å²) in [4.78, 5) is 42.6. The molecule has 11 N–H and O–H groups in total. The standard InChI is InChI=1S/C46H60N6O11/c1-46(2,20-4-6-22-61-40-13-8-12-35(52-40)30-16-14-29(15-17-30)31-18-19-38-39(24-31)63-28-62-38)27-50-45(60)51-33-10-7-9-32(23-33)43(58)48-21-5-3-11-34(47)44(59)49-25-36(54)41(56)42(57)37(55)26-53/h7-10,12-19,23-24,34,36-37,41-42,53-57H,3-6,11,20-22,25-28,47H2,1-2H3,(H,48,58)(H,49,59)(H2,50,51,60). The molecule has 340 valence electrons. The normalized spacial score (nSPS) is 14.5. The van der Waals surface area contributed by atoms with Crippen molar-refractivity contribution in [3.8, 4) is 39.8 Å². The van der Waals surface area contributed by atoms with Gasteiger partial charge in [0.15, 0.2) is 11.5 Å². The average Bonchev–Trinajstić information content (AvgIpc) is 3.77. The number of hydrogen-bond donors (Lipinski definition) is 10. The van der Waals surface area contributed by atoms with Gasteiger partial charge in [-0.05, 0) is 91.5 Å². The van der Waals surface area contributed by atoms with Crippen LogP contribution in [0.25, 0.3) is 22.4 Å². The number of nitrogens with one attached hydrogen (secondary N) is 4. The fourth-order valence-corrected chi connectivity index (χ4v) is 6.71. The van der Waals surface area contributed by atoms with E-state index in [4.69, 9.17) is 30.0 Å². The zero-order valence-corrected chi connectivity index (χ0v) is 35.7. The highest BCUT2D eigenvalue weighted by atomic mass is 16.7. The molecule has 4 aromatic rings. The second-order valence-corrected chi connectivity index (χ2v) is 16.3. The summed E-state index contributed by atoms with van der Waals surface area (Å²) in [6, 6.07) is 25.1. The summed E-state index contributed by atoms with van der Waals surface area (Å²) < 4.78 is 16.9. The fourth-order valence-electron chi connectivity index (χ4n) is 6.71. The molecular formula is C46H60N6O11. The molecule has 1 aliphatic heterocycles. The van der Waals surface area contributed by atoms with Gasteiger partial charge in [-0.15, -0.1) is 0 Å². The van der Waals surface area contributed by atoms with Crippen molar-refractivity contribution in [3.63, 3.8) is 0 Å². The molecule has 5 atom stereocenters. The van der Waals surface area contributed by atoms with Crippen molar-refractivity contribution in [1.82, 2.24) is 20.9 Å². The lowest BCUT2D eigenvalue weighted by Gasteiger charge is -2.26. The number of carbonyl (C=O) groups excluding carboxylic acids is 3. The summed E-state index contributed by atoms with van der Waals surface area (Å²) in [5, 5.41) is 58.7. The molecule has 63 heavy (non-hydrogen) atoms. The number of unbranched alkanes of at least 4 members (excludes halogenated alkanes) is 2. The molecule has 1 aromatic heterocycles. The summed E-state index contributed by atoms with van der Waals surface area (Å²) >= 11 is 0. The number of fused-ring (bicyclic) bond motifs is 1. The Bertz CT molecular complexity index is 2100. The second-order valence-electron chi connectivity index (χ2n) is 16.3. The molecular weight excluding hydrogens is 813 g/mol. The molecule has 0 bridgehead atoms. The van der Waals surface area contributed by atoms with Gasteiger partial charge in [-0.1, -0.05) is 56.3 Å². The van der Waals surface area contributed by atoms with Crippen molar-refractivity contribution in [2.75, 3.05) is 45.0 Å². The van der Waals surface area contributed by atoms with E-state index >= 15 is 0 Å². The number of nitrogens with zero attached hydrogens (tertiary/aromatic N) is 1. The molecule has 17 nitrogen and oxygen atoms in total. The Morgan fingerprint density at radius 1 is 0.794 bits per heavy atom. The Balaban J connectivity index is 0.938. The number of aromatic nitrogens is 1. The largest absolute Gasteiger partial charge is 0.478 e. The van der Waals surface area contributed by atoms with Crippen LogP contribution in [0.15, 0.2) is 84.9 Å². The lowest BCUT2D eigenvalue weighted by molar-refractivity contribution is -0.127.